The highest BCUT2D eigenvalue weighted by Crippen LogP contribution is 2.30. The van der Waals surface area contributed by atoms with Crippen molar-refractivity contribution in [3.05, 3.63) is 84.4 Å². The van der Waals surface area contributed by atoms with Gasteiger partial charge in [-0.25, -0.2) is 8.42 Å². The number of aliphatic hydroxyl groups is 1. The number of hydrogen-bond donors (Lipinski definition) is 3. The van der Waals surface area contributed by atoms with Crippen molar-refractivity contribution in [3.63, 3.8) is 0 Å². The van der Waals surface area contributed by atoms with Gasteiger partial charge < -0.3 is 24.8 Å². The van der Waals surface area contributed by atoms with E-state index in [1.165, 1.54) is 24.3 Å². The van der Waals surface area contributed by atoms with Crippen molar-refractivity contribution >= 4 is 27.5 Å². The Morgan fingerprint density at radius 2 is 1.54 bits per heavy atom. The monoisotopic (exact) mass is 582 g/mol. The van der Waals surface area contributed by atoms with Gasteiger partial charge in [0.15, 0.2) is 5.75 Å². The fraction of sp³-hybridized carbons (Fsp3) is 0.310. The van der Waals surface area contributed by atoms with E-state index in [1.54, 1.807) is 41.3 Å². The second kappa shape index (κ2) is 14.6. The zero-order chi connectivity index (χ0) is 29.1. The molecule has 3 N–H and O–H groups in total. The van der Waals surface area contributed by atoms with Gasteiger partial charge in [-0.05, 0) is 48.5 Å². The number of carbonyl (C=O) groups is 2. The predicted octanol–water partition coefficient (Wildman–Crippen LogP) is 2.16. The molecule has 1 aliphatic rings. The summed E-state index contributed by atoms with van der Waals surface area (Å²) in [5.74, 6) is 0.248. The standard InChI is InChI=1S/C29H34N4O7S/c34-19-21-39-20-18-32-14-16-33(17-15-32)28(35)22-30-29(36)23-10-12-25(13-11-23)41(37,38)31-26-8-4-5-9-27(26)40-24-6-2-1-3-7-24/h1-13,31,34H,14-22H2,(H,30,36). The third-order valence-corrected chi connectivity index (χ3v) is 7.82. The van der Waals surface area contributed by atoms with Crippen molar-refractivity contribution in [2.45, 2.75) is 4.90 Å². The van der Waals surface area contributed by atoms with Gasteiger partial charge >= 0.3 is 0 Å². The molecule has 0 spiro atoms. The maximum atomic E-state index is 13.1. The van der Waals surface area contributed by atoms with Crippen LogP contribution in [0.1, 0.15) is 10.4 Å². The summed E-state index contributed by atoms with van der Waals surface area (Å²) >= 11 is 0. The molecule has 41 heavy (non-hydrogen) atoms. The van der Waals surface area contributed by atoms with Crippen LogP contribution in [0.25, 0.3) is 0 Å². The first kappa shape index (κ1) is 30.0. The Kier molecular flexibility index (Phi) is 10.7. The molecule has 1 heterocycles. The highest BCUT2D eigenvalue weighted by atomic mass is 32.2. The van der Waals surface area contributed by atoms with Crippen LogP contribution in [-0.4, -0.2) is 94.2 Å². The number of benzene rings is 3. The number of aliphatic hydroxyl groups excluding tert-OH is 1. The summed E-state index contributed by atoms with van der Waals surface area (Å²) in [6.07, 6.45) is 0. The van der Waals surface area contributed by atoms with Gasteiger partial charge in [-0.3, -0.25) is 19.2 Å². The third-order valence-electron chi connectivity index (χ3n) is 6.44. The number of carbonyl (C=O) groups excluding carboxylic acids is 2. The van der Waals surface area contributed by atoms with E-state index >= 15 is 0 Å². The quantitative estimate of drug-likeness (QED) is 0.261. The minimum absolute atomic E-state index is 0.00508. The van der Waals surface area contributed by atoms with E-state index in [2.05, 4.69) is 14.9 Å². The normalized spacial score (nSPS) is 13.9. The fourth-order valence-corrected chi connectivity index (χ4v) is 5.27. The summed E-state index contributed by atoms with van der Waals surface area (Å²) in [7, 11) is -3.97. The number of amides is 2. The van der Waals surface area contributed by atoms with Crippen molar-refractivity contribution in [1.82, 2.24) is 15.1 Å². The fourth-order valence-electron chi connectivity index (χ4n) is 4.20. The maximum absolute atomic E-state index is 13.1. The highest BCUT2D eigenvalue weighted by molar-refractivity contribution is 7.92. The summed E-state index contributed by atoms with van der Waals surface area (Å²) < 4.78 is 39.8. The lowest BCUT2D eigenvalue weighted by atomic mass is 10.2. The topological polar surface area (TPSA) is 138 Å². The van der Waals surface area contributed by atoms with Gasteiger partial charge in [0.25, 0.3) is 15.9 Å². The first-order valence-corrected chi connectivity index (χ1v) is 14.8. The van der Waals surface area contributed by atoms with E-state index < -0.39 is 15.9 Å². The van der Waals surface area contributed by atoms with Crippen LogP contribution in [-0.2, 0) is 19.6 Å². The molecule has 0 unspecified atom stereocenters. The van der Waals surface area contributed by atoms with Crippen molar-refractivity contribution in [3.8, 4) is 11.5 Å². The summed E-state index contributed by atoms with van der Waals surface area (Å²) in [6, 6.07) is 21.2. The molecule has 11 nitrogen and oxygen atoms in total. The number of ether oxygens (including phenoxy) is 2. The van der Waals surface area contributed by atoms with Crippen molar-refractivity contribution in [2.75, 3.05) is 63.8 Å². The van der Waals surface area contributed by atoms with Gasteiger partial charge in [0.2, 0.25) is 5.91 Å². The number of rotatable bonds is 13. The molecule has 4 rings (SSSR count). The number of anilines is 1. The van der Waals surface area contributed by atoms with Crippen LogP contribution < -0.4 is 14.8 Å². The number of nitrogens with one attached hydrogen (secondary N) is 2. The third kappa shape index (κ3) is 8.76. The first-order valence-electron chi connectivity index (χ1n) is 13.3. The largest absolute Gasteiger partial charge is 0.455 e. The second-order valence-corrected chi connectivity index (χ2v) is 11.0. The van der Waals surface area contributed by atoms with Gasteiger partial charge in [-0.1, -0.05) is 30.3 Å². The average Bonchev–Trinajstić information content (AvgIpc) is 3.00. The lowest BCUT2D eigenvalue weighted by Crippen LogP contribution is -2.51. The molecule has 3 aromatic rings. The Morgan fingerprint density at radius 3 is 2.24 bits per heavy atom. The molecule has 0 aromatic heterocycles. The second-order valence-electron chi connectivity index (χ2n) is 9.28. The van der Waals surface area contributed by atoms with Gasteiger partial charge in [0, 0.05) is 38.3 Å². The Bertz CT molecular complexity index is 1390. The maximum Gasteiger partial charge on any atom is 0.262 e. The summed E-state index contributed by atoms with van der Waals surface area (Å²) in [6.45, 7) is 3.91. The molecular formula is C29H34N4O7S. The number of hydrogen-bond acceptors (Lipinski definition) is 8. The lowest BCUT2D eigenvalue weighted by Gasteiger charge is -2.34. The van der Waals surface area contributed by atoms with E-state index in [0.29, 0.717) is 50.9 Å². The molecule has 0 aliphatic carbocycles. The molecule has 0 atom stereocenters. The molecule has 1 fully saturated rings. The van der Waals surface area contributed by atoms with Crippen LogP contribution in [0.3, 0.4) is 0 Å². The van der Waals surface area contributed by atoms with Gasteiger partial charge in [-0.2, -0.15) is 0 Å². The van der Waals surface area contributed by atoms with Crippen molar-refractivity contribution in [1.29, 1.82) is 0 Å². The first-order chi connectivity index (χ1) is 19.9. The molecule has 1 saturated heterocycles. The van der Waals surface area contributed by atoms with Gasteiger partial charge in [0.05, 0.1) is 36.9 Å². The van der Waals surface area contributed by atoms with Crippen molar-refractivity contribution < 1.29 is 32.6 Å². The minimum atomic E-state index is -3.97. The molecule has 3 aromatic carbocycles. The average molecular weight is 583 g/mol. The highest BCUT2D eigenvalue weighted by Gasteiger charge is 2.22. The van der Waals surface area contributed by atoms with Crippen LogP contribution in [0.4, 0.5) is 5.69 Å². The van der Waals surface area contributed by atoms with Crippen molar-refractivity contribution in [2.24, 2.45) is 0 Å². The zero-order valence-corrected chi connectivity index (χ0v) is 23.4. The smallest absolute Gasteiger partial charge is 0.262 e. The Hall–Kier alpha value is -3.97. The van der Waals surface area contributed by atoms with Gasteiger partial charge in [-0.15, -0.1) is 0 Å². The zero-order valence-electron chi connectivity index (χ0n) is 22.6. The Morgan fingerprint density at radius 1 is 0.854 bits per heavy atom. The van der Waals surface area contributed by atoms with Crippen LogP contribution in [0, 0.1) is 0 Å². The summed E-state index contributed by atoms with van der Waals surface area (Å²) in [5, 5.41) is 11.4. The molecule has 0 saturated carbocycles. The SMILES string of the molecule is O=C(NCC(=O)N1CCN(CCOCCO)CC1)c1ccc(S(=O)(=O)Nc2ccccc2Oc2ccccc2)cc1. The number of nitrogens with zero attached hydrogens (tertiary/aromatic N) is 2. The molecule has 1 aliphatic heterocycles. The summed E-state index contributed by atoms with van der Waals surface area (Å²) in [4.78, 5) is 29.1. The number of sulfonamides is 1. The summed E-state index contributed by atoms with van der Waals surface area (Å²) in [5.41, 5.74) is 0.504. The van der Waals surface area contributed by atoms with Crippen LogP contribution in [0.2, 0.25) is 0 Å². The number of piperazine rings is 1. The van der Waals surface area contributed by atoms with Crippen LogP contribution in [0.5, 0.6) is 11.5 Å². The molecule has 2 amide bonds. The molecule has 0 bridgehead atoms. The van der Waals surface area contributed by atoms with Crippen LogP contribution in [0.15, 0.2) is 83.8 Å². The molecule has 218 valence electrons. The van der Waals surface area contributed by atoms with E-state index in [4.69, 9.17) is 14.6 Å². The molecule has 0 radical (unpaired) electrons. The van der Waals surface area contributed by atoms with E-state index in [9.17, 15) is 18.0 Å². The predicted molar refractivity (Wildman–Crippen MR) is 153 cm³/mol. The Labute approximate surface area is 239 Å². The van der Waals surface area contributed by atoms with Crippen LogP contribution >= 0.6 is 0 Å². The Balaban J connectivity index is 1.27. The number of para-hydroxylation sites is 3. The molecular weight excluding hydrogens is 548 g/mol. The molecule has 12 heteroatoms. The van der Waals surface area contributed by atoms with Gasteiger partial charge in [0.1, 0.15) is 5.75 Å². The van der Waals surface area contributed by atoms with E-state index in [1.807, 2.05) is 18.2 Å². The lowest BCUT2D eigenvalue weighted by molar-refractivity contribution is -0.131. The van der Waals surface area contributed by atoms with E-state index in [-0.39, 0.29) is 35.2 Å². The minimum Gasteiger partial charge on any atom is -0.455 e. The van der Waals surface area contributed by atoms with E-state index in [0.717, 1.165) is 6.54 Å².